The standard InChI is InChI=1S/C13H23NO3/c1-12(2,3)17-11(16)14-9-13(6-7-13)5-4-10(14)8-15/h10,15H,4-9H2,1-3H3. The third-order valence-corrected chi connectivity index (χ3v) is 3.75. The number of ether oxygens (including phenoxy) is 1. The molecule has 0 aromatic carbocycles. The van der Waals surface area contributed by atoms with Crippen LogP contribution in [0.3, 0.4) is 0 Å². The molecule has 1 amide bonds. The molecule has 1 saturated heterocycles. The lowest BCUT2D eigenvalue weighted by Crippen LogP contribution is -2.50. The van der Waals surface area contributed by atoms with Crippen LogP contribution < -0.4 is 0 Å². The molecule has 1 heterocycles. The Labute approximate surface area is 103 Å². The molecule has 1 spiro atoms. The first-order chi connectivity index (χ1) is 7.85. The number of carbonyl (C=O) groups is 1. The molecule has 4 heteroatoms. The van der Waals surface area contributed by atoms with Gasteiger partial charge in [-0.15, -0.1) is 0 Å². The minimum Gasteiger partial charge on any atom is -0.444 e. The summed E-state index contributed by atoms with van der Waals surface area (Å²) in [5, 5.41) is 9.35. The molecule has 0 radical (unpaired) electrons. The van der Waals surface area contributed by atoms with Gasteiger partial charge in [-0.05, 0) is 51.9 Å². The maximum Gasteiger partial charge on any atom is 0.410 e. The van der Waals surface area contributed by atoms with Crippen LogP contribution in [0.5, 0.6) is 0 Å². The van der Waals surface area contributed by atoms with E-state index in [2.05, 4.69) is 0 Å². The van der Waals surface area contributed by atoms with Gasteiger partial charge in [0.1, 0.15) is 5.60 Å². The number of amides is 1. The molecule has 0 aromatic heterocycles. The van der Waals surface area contributed by atoms with Gasteiger partial charge in [-0.3, -0.25) is 0 Å². The average molecular weight is 241 g/mol. The van der Waals surface area contributed by atoms with E-state index in [4.69, 9.17) is 4.74 Å². The van der Waals surface area contributed by atoms with Crippen molar-refractivity contribution < 1.29 is 14.6 Å². The molecule has 2 aliphatic rings. The van der Waals surface area contributed by atoms with Crippen molar-refractivity contribution in [1.29, 1.82) is 0 Å². The molecule has 1 saturated carbocycles. The highest BCUT2D eigenvalue weighted by atomic mass is 16.6. The Bertz CT molecular complexity index is 304. The topological polar surface area (TPSA) is 49.8 Å². The third-order valence-electron chi connectivity index (χ3n) is 3.75. The van der Waals surface area contributed by atoms with E-state index >= 15 is 0 Å². The predicted molar refractivity (Wildman–Crippen MR) is 64.7 cm³/mol. The fraction of sp³-hybridized carbons (Fsp3) is 0.923. The van der Waals surface area contributed by atoms with Gasteiger partial charge in [-0.1, -0.05) is 0 Å². The molecule has 1 N–H and O–H groups in total. The van der Waals surface area contributed by atoms with Crippen molar-refractivity contribution in [2.45, 2.75) is 58.1 Å². The molecule has 2 fully saturated rings. The van der Waals surface area contributed by atoms with Gasteiger partial charge in [-0.25, -0.2) is 4.79 Å². The maximum atomic E-state index is 12.1. The number of hydrogen-bond acceptors (Lipinski definition) is 3. The molecule has 1 aliphatic carbocycles. The average Bonchev–Trinajstić information content (AvgIpc) is 2.95. The first-order valence-corrected chi connectivity index (χ1v) is 6.46. The zero-order chi connectivity index (χ0) is 12.7. The lowest BCUT2D eigenvalue weighted by Gasteiger charge is -2.39. The molecular weight excluding hydrogens is 218 g/mol. The van der Waals surface area contributed by atoms with Gasteiger partial charge < -0.3 is 14.7 Å². The van der Waals surface area contributed by atoms with Crippen LogP contribution in [0.4, 0.5) is 4.79 Å². The number of piperidine rings is 1. The summed E-state index contributed by atoms with van der Waals surface area (Å²) in [5.41, 5.74) is -0.117. The van der Waals surface area contributed by atoms with Crippen molar-refractivity contribution in [1.82, 2.24) is 4.90 Å². The van der Waals surface area contributed by atoms with Gasteiger partial charge in [0, 0.05) is 6.54 Å². The first-order valence-electron chi connectivity index (χ1n) is 6.46. The van der Waals surface area contributed by atoms with Crippen molar-refractivity contribution in [3.8, 4) is 0 Å². The zero-order valence-electron chi connectivity index (χ0n) is 11.0. The minimum absolute atomic E-state index is 0.0370. The van der Waals surface area contributed by atoms with E-state index in [-0.39, 0.29) is 18.7 Å². The second-order valence-electron chi connectivity index (χ2n) is 6.48. The van der Waals surface area contributed by atoms with Gasteiger partial charge in [0.15, 0.2) is 0 Å². The lowest BCUT2D eigenvalue weighted by molar-refractivity contribution is -0.00887. The molecule has 98 valence electrons. The van der Waals surface area contributed by atoms with Crippen LogP contribution in [0.15, 0.2) is 0 Å². The fourth-order valence-electron chi connectivity index (χ4n) is 2.51. The smallest absolute Gasteiger partial charge is 0.410 e. The first kappa shape index (κ1) is 12.7. The second-order valence-corrected chi connectivity index (χ2v) is 6.48. The Morgan fingerprint density at radius 2 is 2.06 bits per heavy atom. The predicted octanol–water partition coefficient (Wildman–Crippen LogP) is 2.16. The van der Waals surface area contributed by atoms with Gasteiger partial charge in [0.05, 0.1) is 12.6 Å². The SMILES string of the molecule is CC(C)(C)OC(=O)N1CC2(CCC1CO)CC2. The number of carbonyl (C=O) groups excluding carboxylic acids is 1. The summed E-state index contributed by atoms with van der Waals surface area (Å²) in [6, 6.07) is -0.0592. The van der Waals surface area contributed by atoms with Crippen molar-refractivity contribution in [3.05, 3.63) is 0 Å². The van der Waals surface area contributed by atoms with Crippen LogP contribution in [0.25, 0.3) is 0 Å². The van der Waals surface area contributed by atoms with E-state index < -0.39 is 5.60 Å². The van der Waals surface area contributed by atoms with Crippen LogP contribution in [0.1, 0.15) is 46.5 Å². The van der Waals surface area contributed by atoms with Crippen molar-refractivity contribution >= 4 is 6.09 Å². The molecule has 0 bridgehead atoms. The zero-order valence-corrected chi connectivity index (χ0v) is 11.0. The summed E-state index contributed by atoms with van der Waals surface area (Å²) >= 11 is 0. The molecule has 1 unspecified atom stereocenters. The van der Waals surface area contributed by atoms with Crippen LogP contribution in [-0.2, 0) is 4.74 Å². The van der Waals surface area contributed by atoms with Crippen LogP contribution in [0, 0.1) is 5.41 Å². The fourth-order valence-corrected chi connectivity index (χ4v) is 2.51. The van der Waals surface area contributed by atoms with Gasteiger partial charge in [0.2, 0.25) is 0 Å². The molecule has 4 nitrogen and oxygen atoms in total. The summed E-state index contributed by atoms with van der Waals surface area (Å²) in [5.74, 6) is 0. The maximum absolute atomic E-state index is 12.1. The highest BCUT2D eigenvalue weighted by molar-refractivity contribution is 5.69. The van der Waals surface area contributed by atoms with E-state index in [0.717, 1.165) is 19.4 Å². The summed E-state index contributed by atoms with van der Waals surface area (Å²) < 4.78 is 5.41. The van der Waals surface area contributed by atoms with Gasteiger partial charge >= 0.3 is 6.09 Å². The Kier molecular flexibility index (Phi) is 3.10. The number of nitrogens with zero attached hydrogens (tertiary/aromatic N) is 1. The van der Waals surface area contributed by atoms with Crippen molar-refractivity contribution in [3.63, 3.8) is 0 Å². The lowest BCUT2D eigenvalue weighted by atomic mass is 9.91. The molecular formula is C13H23NO3. The van der Waals surface area contributed by atoms with Crippen molar-refractivity contribution in [2.75, 3.05) is 13.2 Å². The van der Waals surface area contributed by atoms with E-state index in [1.54, 1.807) is 4.90 Å². The monoisotopic (exact) mass is 241 g/mol. The molecule has 2 rings (SSSR count). The number of hydrogen-bond donors (Lipinski definition) is 1. The van der Waals surface area contributed by atoms with Crippen molar-refractivity contribution in [2.24, 2.45) is 5.41 Å². The van der Waals surface area contributed by atoms with Crippen LogP contribution in [0.2, 0.25) is 0 Å². The number of aliphatic hydroxyl groups is 1. The largest absolute Gasteiger partial charge is 0.444 e. The highest BCUT2D eigenvalue weighted by Crippen LogP contribution is 2.53. The van der Waals surface area contributed by atoms with E-state index in [1.165, 1.54) is 12.8 Å². The molecule has 17 heavy (non-hydrogen) atoms. The van der Waals surface area contributed by atoms with Crippen LogP contribution in [-0.4, -0.2) is 40.9 Å². The Morgan fingerprint density at radius 1 is 1.41 bits per heavy atom. The van der Waals surface area contributed by atoms with Gasteiger partial charge in [0.25, 0.3) is 0 Å². The number of aliphatic hydroxyl groups excluding tert-OH is 1. The van der Waals surface area contributed by atoms with Gasteiger partial charge in [-0.2, -0.15) is 0 Å². The summed E-state index contributed by atoms with van der Waals surface area (Å²) in [6.07, 6.45) is 4.19. The summed E-state index contributed by atoms with van der Waals surface area (Å²) in [6.45, 7) is 6.41. The Morgan fingerprint density at radius 3 is 2.53 bits per heavy atom. The van der Waals surface area contributed by atoms with E-state index in [1.807, 2.05) is 20.8 Å². The second kappa shape index (κ2) is 4.16. The Balaban J connectivity index is 2.02. The molecule has 1 atom stereocenters. The summed E-state index contributed by atoms with van der Waals surface area (Å²) in [4.78, 5) is 13.8. The van der Waals surface area contributed by atoms with E-state index in [0.29, 0.717) is 5.41 Å². The molecule has 1 aliphatic heterocycles. The number of rotatable bonds is 1. The molecule has 0 aromatic rings. The number of likely N-dealkylation sites (tertiary alicyclic amines) is 1. The normalized spacial score (nSPS) is 27.1. The highest BCUT2D eigenvalue weighted by Gasteiger charge is 2.49. The minimum atomic E-state index is -0.467. The Hall–Kier alpha value is -0.770. The third kappa shape index (κ3) is 2.92. The summed E-state index contributed by atoms with van der Waals surface area (Å²) in [7, 11) is 0. The quantitative estimate of drug-likeness (QED) is 0.765. The van der Waals surface area contributed by atoms with E-state index in [9.17, 15) is 9.90 Å². The van der Waals surface area contributed by atoms with Crippen LogP contribution >= 0.6 is 0 Å².